The summed E-state index contributed by atoms with van der Waals surface area (Å²) < 4.78 is 0. The van der Waals surface area contributed by atoms with Crippen molar-refractivity contribution in [3.63, 3.8) is 0 Å². The van der Waals surface area contributed by atoms with Crippen molar-refractivity contribution in [1.29, 1.82) is 0 Å². The van der Waals surface area contributed by atoms with Gasteiger partial charge in [-0.2, -0.15) is 0 Å². The average Bonchev–Trinajstić information content (AvgIpc) is 2.76. The van der Waals surface area contributed by atoms with E-state index in [9.17, 15) is 9.90 Å². The highest BCUT2D eigenvalue weighted by molar-refractivity contribution is 5.75. The minimum atomic E-state index is -0.0629. The van der Waals surface area contributed by atoms with Gasteiger partial charge in [-0.3, -0.25) is 4.79 Å². The Hall–Kier alpha value is -0.610. The number of rotatable bonds is 7. The fourth-order valence-corrected chi connectivity index (χ4v) is 2.29. The van der Waals surface area contributed by atoms with Crippen molar-refractivity contribution in [2.24, 2.45) is 5.41 Å². The van der Waals surface area contributed by atoms with Crippen molar-refractivity contribution >= 4 is 5.91 Å². The highest BCUT2D eigenvalue weighted by atomic mass is 16.3. The van der Waals surface area contributed by atoms with Gasteiger partial charge >= 0.3 is 0 Å². The summed E-state index contributed by atoms with van der Waals surface area (Å²) in [7, 11) is 0. The van der Waals surface area contributed by atoms with Gasteiger partial charge in [0.2, 0.25) is 5.91 Å². The molecule has 0 aliphatic heterocycles. The smallest absolute Gasteiger partial charge is 0.220 e. The van der Waals surface area contributed by atoms with Gasteiger partial charge in [0, 0.05) is 25.0 Å². The third-order valence-electron chi connectivity index (χ3n) is 3.47. The third kappa shape index (κ3) is 4.10. The molecule has 94 valence electrons. The fourth-order valence-electron chi connectivity index (χ4n) is 2.29. The minimum absolute atomic E-state index is 0.0353. The summed E-state index contributed by atoms with van der Waals surface area (Å²) in [5.74, 6) is 0.0353. The molecule has 1 fully saturated rings. The number of carbonyl (C=O) groups excluding carboxylic acids is 1. The molecule has 1 aliphatic carbocycles. The fraction of sp³-hybridized carbons (Fsp3) is 0.917. The summed E-state index contributed by atoms with van der Waals surface area (Å²) in [5.41, 5.74) is -0.0629. The van der Waals surface area contributed by atoms with Crippen LogP contribution in [0.25, 0.3) is 0 Å². The summed E-state index contributed by atoms with van der Waals surface area (Å²) in [4.78, 5) is 11.5. The van der Waals surface area contributed by atoms with E-state index in [1.165, 1.54) is 0 Å². The molecule has 0 spiro atoms. The molecule has 3 N–H and O–H groups in total. The van der Waals surface area contributed by atoms with Gasteiger partial charge in [0.05, 0.1) is 6.61 Å². The van der Waals surface area contributed by atoms with Crippen molar-refractivity contribution in [3.05, 3.63) is 0 Å². The molecular formula is C12H23NO3. The van der Waals surface area contributed by atoms with Crippen LogP contribution in [0.15, 0.2) is 0 Å². The number of amides is 1. The summed E-state index contributed by atoms with van der Waals surface area (Å²) >= 11 is 0. The van der Waals surface area contributed by atoms with E-state index in [-0.39, 0.29) is 24.5 Å². The molecule has 1 saturated carbocycles. The maximum atomic E-state index is 11.5. The molecule has 0 bridgehead atoms. The molecule has 0 aromatic heterocycles. The van der Waals surface area contributed by atoms with Crippen molar-refractivity contribution in [1.82, 2.24) is 5.32 Å². The zero-order valence-electron chi connectivity index (χ0n) is 9.87. The summed E-state index contributed by atoms with van der Waals surface area (Å²) in [6, 6.07) is 0. The Balaban J connectivity index is 2.19. The predicted molar refractivity (Wildman–Crippen MR) is 61.9 cm³/mol. The van der Waals surface area contributed by atoms with Crippen LogP contribution in [0.5, 0.6) is 0 Å². The van der Waals surface area contributed by atoms with Gasteiger partial charge in [-0.25, -0.2) is 0 Å². The Morgan fingerprint density at radius 1 is 1.19 bits per heavy atom. The van der Waals surface area contributed by atoms with Gasteiger partial charge in [0.25, 0.3) is 0 Å². The van der Waals surface area contributed by atoms with E-state index in [2.05, 4.69) is 5.32 Å². The molecule has 4 heteroatoms. The van der Waals surface area contributed by atoms with Gasteiger partial charge in [-0.05, 0) is 25.7 Å². The van der Waals surface area contributed by atoms with Crippen LogP contribution in [0.3, 0.4) is 0 Å². The van der Waals surface area contributed by atoms with Gasteiger partial charge in [0.15, 0.2) is 0 Å². The predicted octanol–water partition coefficient (Wildman–Crippen LogP) is 0.818. The lowest BCUT2D eigenvalue weighted by atomic mass is 9.87. The Kier molecular flexibility index (Phi) is 5.77. The lowest BCUT2D eigenvalue weighted by Crippen LogP contribution is -2.38. The molecule has 0 unspecified atom stereocenters. The molecule has 1 amide bonds. The van der Waals surface area contributed by atoms with Crippen LogP contribution in [0.2, 0.25) is 0 Å². The van der Waals surface area contributed by atoms with Gasteiger partial charge in [-0.1, -0.05) is 12.8 Å². The molecular weight excluding hydrogens is 206 g/mol. The highest BCUT2D eigenvalue weighted by Crippen LogP contribution is 2.36. The molecule has 0 aromatic rings. The Labute approximate surface area is 97.0 Å². The maximum Gasteiger partial charge on any atom is 0.220 e. The summed E-state index contributed by atoms with van der Waals surface area (Å²) in [5, 5.41) is 20.8. The number of carbonyl (C=O) groups is 1. The van der Waals surface area contributed by atoms with Crippen LogP contribution in [0.4, 0.5) is 0 Å². The zero-order valence-corrected chi connectivity index (χ0v) is 9.87. The highest BCUT2D eigenvalue weighted by Gasteiger charge is 2.33. The monoisotopic (exact) mass is 229 g/mol. The first-order valence-corrected chi connectivity index (χ1v) is 6.21. The number of aliphatic hydroxyl groups is 2. The minimum Gasteiger partial charge on any atom is -0.396 e. The Morgan fingerprint density at radius 3 is 2.44 bits per heavy atom. The number of nitrogens with one attached hydrogen (secondary N) is 1. The number of hydrogen-bond donors (Lipinski definition) is 3. The van der Waals surface area contributed by atoms with E-state index < -0.39 is 0 Å². The van der Waals surface area contributed by atoms with Crippen molar-refractivity contribution in [3.8, 4) is 0 Å². The van der Waals surface area contributed by atoms with E-state index in [0.717, 1.165) is 32.1 Å². The average molecular weight is 229 g/mol. The molecule has 1 rings (SSSR count). The van der Waals surface area contributed by atoms with Crippen LogP contribution in [0.1, 0.15) is 44.9 Å². The largest absolute Gasteiger partial charge is 0.396 e. The Bertz CT molecular complexity index is 212. The molecule has 0 radical (unpaired) electrons. The quantitative estimate of drug-likeness (QED) is 0.566. The zero-order chi connectivity index (χ0) is 11.9. The third-order valence-corrected chi connectivity index (χ3v) is 3.47. The molecule has 0 saturated heterocycles. The number of hydrogen-bond acceptors (Lipinski definition) is 3. The lowest BCUT2D eigenvalue weighted by Gasteiger charge is -2.26. The van der Waals surface area contributed by atoms with Crippen molar-refractivity contribution < 1.29 is 15.0 Å². The van der Waals surface area contributed by atoms with E-state index in [0.29, 0.717) is 19.4 Å². The second kappa shape index (κ2) is 6.86. The van der Waals surface area contributed by atoms with Crippen LogP contribution >= 0.6 is 0 Å². The van der Waals surface area contributed by atoms with Gasteiger partial charge in [-0.15, -0.1) is 0 Å². The second-order valence-corrected chi connectivity index (χ2v) is 4.82. The topological polar surface area (TPSA) is 69.6 Å². The van der Waals surface area contributed by atoms with Crippen LogP contribution in [-0.2, 0) is 4.79 Å². The van der Waals surface area contributed by atoms with Crippen LogP contribution in [-0.4, -0.2) is 35.9 Å². The van der Waals surface area contributed by atoms with E-state index in [4.69, 9.17) is 5.11 Å². The van der Waals surface area contributed by atoms with Crippen molar-refractivity contribution in [2.75, 3.05) is 19.8 Å². The summed E-state index contributed by atoms with van der Waals surface area (Å²) in [6.45, 7) is 0.916. The van der Waals surface area contributed by atoms with E-state index in [1.807, 2.05) is 0 Å². The molecule has 0 atom stereocenters. The van der Waals surface area contributed by atoms with Crippen LogP contribution in [0, 0.1) is 5.41 Å². The lowest BCUT2D eigenvalue weighted by molar-refractivity contribution is -0.121. The molecule has 0 aromatic carbocycles. The standard InChI is InChI=1S/C12H23NO3/c14-8-4-1-5-11(16)13-9-12(10-15)6-2-3-7-12/h14-15H,1-10H2,(H,13,16). The second-order valence-electron chi connectivity index (χ2n) is 4.82. The first-order valence-electron chi connectivity index (χ1n) is 6.21. The number of aliphatic hydroxyl groups excluding tert-OH is 2. The first-order chi connectivity index (χ1) is 7.72. The normalized spacial score (nSPS) is 18.6. The molecule has 0 heterocycles. The van der Waals surface area contributed by atoms with Crippen molar-refractivity contribution in [2.45, 2.75) is 44.9 Å². The summed E-state index contributed by atoms with van der Waals surface area (Å²) in [6.07, 6.45) is 6.22. The SMILES string of the molecule is O=C(CCCCO)NCC1(CO)CCCC1. The first kappa shape index (κ1) is 13.5. The molecule has 16 heavy (non-hydrogen) atoms. The molecule has 1 aliphatic rings. The van der Waals surface area contributed by atoms with Gasteiger partial charge < -0.3 is 15.5 Å². The number of unbranched alkanes of at least 4 members (excludes halogenated alkanes) is 1. The van der Waals surface area contributed by atoms with E-state index in [1.54, 1.807) is 0 Å². The van der Waals surface area contributed by atoms with Gasteiger partial charge in [0.1, 0.15) is 0 Å². The maximum absolute atomic E-state index is 11.5. The van der Waals surface area contributed by atoms with Crippen LogP contribution < -0.4 is 5.32 Å². The van der Waals surface area contributed by atoms with E-state index >= 15 is 0 Å². The molecule has 4 nitrogen and oxygen atoms in total. The Morgan fingerprint density at radius 2 is 1.88 bits per heavy atom.